The monoisotopic (exact) mass is 298 g/mol. The lowest BCUT2D eigenvalue weighted by atomic mass is 10.0. The summed E-state index contributed by atoms with van der Waals surface area (Å²) in [5.41, 5.74) is -0.177. The van der Waals surface area contributed by atoms with Gasteiger partial charge in [-0.05, 0) is 25.0 Å². The van der Waals surface area contributed by atoms with E-state index in [1.165, 1.54) is 0 Å². The van der Waals surface area contributed by atoms with Crippen LogP contribution in [-0.2, 0) is 10.0 Å². The van der Waals surface area contributed by atoms with Gasteiger partial charge in [-0.25, -0.2) is 13.1 Å². The van der Waals surface area contributed by atoms with Gasteiger partial charge in [-0.1, -0.05) is 31.9 Å². The normalized spacial score (nSPS) is 18.1. The first kappa shape index (κ1) is 15.3. The lowest BCUT2D eigenvalue weighted by Crippen LogP contribution is -2.34. The Hall–Kier alpha value is -1.11. The molecule has 0 saturated heterocycles. The van der Waals surface area contributed by atoms with Gasteiger partial charge in [0.2, 0.25) is 10.0 Å². The molecule has 0 radical (unpaired) electrons. The molecular formula is C14H22N2O3S. The number of nitrogens with one attached hydrogen (secondary N) is 2. The molecule has 1 aliphatic carbocycles. The summed E-state index contributed by atoms with van der Waals surface area (Å²) < 4.78 is 26.7. The third-order valence-electron chi connectivity index (χ3n) is 3.65. The molecule has 2 rings (SSSR count). The second-order valence-electron chi connectivity index (χ2n) is 5.28. The van der Waals surface area contributed by atoms with Crippen molar-refractivity contribution in [2.45, 2.75) is 43.1 Å². The van der Waals surface area contributed by atoms with Gasteiger partial charge in [-0.2, -0.15) is 0 Å². The summed E-state index contributed by atoms with van der Waals surface area (Å²) in [5, 5.41) is 13.4. The maximum Gasteiger partial charge on any atom is 0.242 e. The molecule has 3 N–H and O–H groups in total. The summed E-state index contributed by atoms with van der Waals surface area (Å²) in [4.78, 5) is 0.225. The van der Waals surface area contributed by atoms with Crippen LogP contribution >= 0.6 is 0 Å². The SMILES string of the molecule is CCNS(=O)(=O)c1ccccc1NCC1(O)CCCC1. The second kappa shape index (κ2) is 6.11. The van der Waals surface area contributed by atoms with E-state index in [1.807, 2.05) is 0 Å². The first-order valence-electron chi connectivity index (χ1n) is 7.02. The number of hydrogen-bond acceptors (Lipinski definition) is 4. The Morgan fingerprint density at radius 2 is 1.90 bits per heavy atom. The molecule has 1 fully saturated rings. The molecule has 0 heterocycles. The van der Waals surface area contributed by atoms with Crippen molar-refractivity contribution in [3.8, 4) is 0 Å². The van der Waals surface area contributed by atoms with Crippen LogP contribution in [0.4, 0.5) is 5.69 Å². The largest absolute Gasteiger partial charge is 0.388 e. The minimum atomic E-state index is -3.50. The van der Waals surface area contributed by atoms with Crippen LogP contribution in [0.15, 0.2) is 29.2 Å². The molecule has 0 amide bonds. The fourth-order valence-corrected chi connectivity index (χ4v) is 3.81. The zero-order chi connectivity index (χ0) is 14.6. The molecule has 6 heteroatoms. The van der Waals surface area contributed by atoms with E-state index >= 15 is 0 Å². The van der Waals surface area contributed by atoms with Gasteiger partial charge in [0.15, 0.2) is 0 Å². The summed E-state index contributed by atoms with van der Waals surface area (Å²) in [7, 11) is -3.50. The van der Waals surface area contributed by atoms with E-state index < -0.39 is 15.6 Å². The Labute approximate surface area is 120 Å². The van der Waals surface area contributed by atoms with E-state index in [0.717, 1.165) is 25.7 Å². The minimum Gasteiger partial charge on any atom is -0.388 e. The highest BCUT2D eigenvalue weighted by molar-refractivity contribution is 7.89. The molecule has 0 unspecified atom stereocenters. The third-order valence-corrected chi connectivity index (χ3v) is 5.26. The molecule has 0 atom stereocenters. The summed E-state index contributed by atoms with van der Waals surface area (Å²) in [6.45, 7) is 2.47. The van der Waals surface area contributed by atoms with Gasteiger partial charge in [0, 0.05) is 13.1 Å². The van der Waals surface area contributed by atoms with Crippen LogP contribution in [0, 0.1) is 0 Å². The Bertz CT molecular complexity index is 551. The van der Waals surface area contributed by atoms with Crippen molar-refractivity contribution in [3.63, 3.8) is 0 Å². The van der Waals surface area contributed by atoms with Crippen LogP contribution in [0.5, 0.6) is 0 Å². The van der Waals surface area contributed by atoms with Crippen molar-refractivity contribution < 1.29 is 13.5 Å². The van der Waals surface area contributed by atoms with E-state index in [-0.39, 0.29) is 4.90 Å². The second-order valence-corrected chi connectivity index (χ2v) is 7.02. The molecule has 112 valence electrons. The van der Waals surface area contributed by atoms with Crippen LogP contribution < -0.4 is 10.0 Å². The number of rotatable bonds is 6. The predicted molar refractivity (Wildman–Crippen MR) is 79.2 cm³/mol. The minimum absolute atomic E-state index is 0.225. The summed E-state index contributed by atoms with van der Waals surface area (Å²) >= 11 is 0. The number of benzene rings is 1. The van der Waals surface area contributed by atoms with E-state index in [0.29, 0.717) is 18.8 Å². The van der Waals surface area contributed by atoms with E-state index in [1.54, 1.807) is 31.2 Å². The molecule has 5 nitrogen and oxygen atoms in total. The van der Waals surface area contributed by atoms with Crippen molar-refractivity contribution in [2.75, 3.05) is 18.4 Å². The topological polar surface area (TPSA) is 78.4 Å². The van der Waals surface area contributed by atoms with Crippen molar-refractivity contribution in [1.82, 2.24) is 4.72 Å². The van der Waals surface area contributed by atoms with Gasteiger partial charge in [0.1, 0.15) is 4.90 Å². The zero-order valence-electron chi connectivity index (χ0n) is 11.7. The van der Waals surface area contributed by atoms with Crippen LogP contribution in [0.2, 0.25) is 0 Å². The molecule has 0 aliphatic heterocycles. The first-order valence-corrected chi connectivity index (χ1v) is 8.50. The smallest absolute Gasteiger partial charge is 0.242 e. The van der Waals surface area contributed by atoms with Crippen molar-refractivity contribution >= 4 is 15.7 Å². The summed E-state index contributed by atoms with van der Waals surface area (Å²) in [5.74, 6) is 0. The maximum absolute atomic E-state index is 12.1. The Balaban J connectivity index is 2.16. The molecule has 0 aromatic heterocycles. The Morgan fingerprint density at radius 1 is 1.25 bits per heavy atom. The fourth-order valence-electron chi connectivity index (χ4n) is 2.58. The first-order chi connectivity index (χ1) is 9.47. The van der Waals surface area contributed by atoms with Crippen molar-refractivity contribution in [3.05, 3.63) is 24.3 Å². The number of hydrogen-bond donors (Lipinski definition) is 3. The predicted octanol–water partition coefficient (Wildman–Crippen LogP) is 1.70. The summed E-state index contributed by atoms with van der Waals surface area (Å²) in [6, 6.07) is 6.77. The lowest BCUT2D eigenvalue weighted by molar-refractivity contribution is 0.0614. The number of anilines is 1. The maximum atomic E-state index is 12.1. The average Bonchev–Trinajstić information content (AvgIpc) is 2.84. The fraction of sp³-hybridized carbons (Fsp3) is 0.571. The van der Waals surface area contributed by atoms with Crippen molar-refractivity contribution in [1.29, 1.82) is 0 Å². The van der Waals surface area contributed by atoms with Gasteiger partial charge in [-0.3, -0.25) is 0 Å². The molecule has 1 aromatic carbocycles. The standard InChI is InChI=1S/C14H22N2O3S/c1-2-16-20(18,19)13-8-4-3-7-12(13)15-11-14(17)9-5-6-10-14/h3-4,7-8,15-17H,2,5-6,9-11H2,1H3. The molecular weight excluding hydrogens is 276 g/mol. The van der Waals surface area contributed by atoms with Gasteiger partial charge in [0.05, 0.1) is 11.3 Å². The lowest BCUT2D eigenvalue weighted by Gasteiger charge is -2.24. The number of sulfonamides is 1. The number of para-hydroxylation sites is 1. The van der Waals surface area contributed by atoms with Crippen LogP contribution in [0.3, 0.4) is 0 Å². The highest BCUT2D eigenvalue weighted by Gasteiger charge is 2.31. The van der Waals surface area contributed by atoms with Gasteiger partial charge >= 0.3 is 0 Å². The highest BCUT2D eigenvalue weighted by atomic mass is 32.2. The Kier molecular flexibility index (Phi) is 4.67. The Morgan fingerprint density at radius 3 is 2.55 bits per heavy atom. The molecule has 20 heavy (non-hydrogen) atoms. The van der Waals surface area contributed by atoms with E-state index in [9.17, 15) is 13.5 Å². The average molecular weight is 298 g/mol. The molecule has 1 aliphatic rings. The third kappa shape index (κ3) is 3.50. The summed E-state index contributed by atoms with van der Waals surface area (Å²) in [6.07, 6.45) is 3.58. The van der Waals surface area contributed by atoms with Crippen molar-refractivity contribution in [2.24, 2.45) is 0 Å². The van der Waals surface area contributed by atoms with Crippen LogP contribution in [0.25, 0.3) is 0 Å². The van der Waals surface area contributed by atoms with Crippen LogP contribution in [-0.4, -0.2) is 32.2 Å². The van der Waals surface area contributed by atoms with Gasteiger partial charge in [0.25, 0.3) is 0 Å². The highest BCUT2D eigenvalue weighted by Crippen LogP contribution is 2.30. The quantitative estimate of drug-likeness (QED) is 0.747. The zero-order valence-corrected chi connectivity index (χ0v) is 12.5. The van der Waals surface area contributed by atoms with Gasteiger partial charge in [-0.15, -0.1) is 0 Å². The van der Waals surface area contributed by atoms with E-state index in [4.69, 9.17) is 0 Å². The number of aliphatic hydroxyl groups is 1. The molecule has 0 bridgehead atoms. The molecule has 0 spiro atoms. The van der Waals surface area contributed by atoms with E-state index in [2.05, 4.69) is 10.0 Å². The molecule has 1 aromatic rings. The van der Waals surface area contributed by atoms with Gasteiger partial charge < -0.3 is 10.4 Å². The molecule has 1 saturated carbocycles. The van der Waals surface area contributed by atoms with Crippen LogP contribution in [0.1, 0.15) is 32.6 Å².